The first-order valence-electron chi connectivity index (χ1n) is 8.47. The van der Waals surface area contributed by atoms with Crippen LogP contribution in [0.4, 0.5) is 0 Å². The highest BCUT2D eigenvalue weighted by Gasteiger charge is 2.24. The number of rotatable bonds is 5. The molecule has 0 fully saturated rings. The van der Waals surface area contributed by atoms with Crippen molar-refractivity contribution in [2.45, 2.75) is 19.8 Å². The van der Waals surface area contributed by atoms with Crippen molar-refractivity contribution < 1.29 is 9.90 Å². The summed E-state index contributed by atoms with van der Waals surface area (Å²) in [5.41, 5.74) is 0. The number of aliphatic carboxylic acids is 1. The maximum atomic E-state index is 9.60. The largest absolute Gasteiger partial charge is 0.481 e. The Bertz CT molecular complexity index is 649. The van der Waals surface area contributed by atoms with Crippen LogP contribution in [0.5, 0.6) is 0 Å². The van der Waals surface area contributed by atoms with Crippen molar-refractivity contribution in [2.75, 3.05) is 0 Å². The number of carbonyl (C=O) groups is 1. The summed E-state index contributed by atoms with van der Waals surface area (Å²) in [7, 11) is -0.877. The van der Waals surface area contributed by atoms with Gasteiger partial charge in [0.05, 0.1) is 7.92 Å². The third-order valence-corrected chi connectivity index (χ3v) is 6.38. The van der Waals surface area contributed by atoms with Gasteiger partial charge in [-0.1, -0.05) is 61.5 Å². The van der Waals surface area contributed by atoms with Crippen molar-refractivity contribution >= 4 is 29.8 Å². The second-order valence-electron chi connectivity index (χ2n) is 5.62. The first kappa shape index (κ1) is 18.9. The monoisotopic (exact) mass is 351 g/mol. The minimum Gasteiger partial charge on any atom is -0.481 e. The van der Waals surface area contributed by atoms with E-state index in [9.17, 15) is 4.79 Å². The number of benzene rings is 3. The zero-order valence-corrected chi connectivity index (χ0v) is 15.4. The number of hydrogen-bond donors (Lipinski definition) is 1. The smallest absolute Gasteiger partial charge is 0.303 e. The van der Waals surface area contributed by atoms with Crippen LogP contribution in [0.2, 0.25) is 0 Å². The highest BCUT2D eigenvalue weighted by Crippen LogP contribution is 2.32. The Morgan fingerprint density at radius 2 is 1.04 bits per heavy atom. The Morgan fingerprint density at radius 3 is 1.24 bits per heavy atom. The molecule has 0 aromatic heterocycles. The van der Waals surface area contributed by atoms with E-state index in [2.05, 4.69) is 91.0 Å². The summed E-state index contributed by atoms with van der Waals surface area (Å²) < 4.78 is 0. The molecule has 0 amide bonds. The summed E-state index contributed by atoms with van der Waals surface area (Å²) in [6.45, 7) is 1.84. The quantitative estimate of drug-likeness (QED) is 0.704. The third kappa shape index (κ3) is 6.17. The molecule has 3 rings (SSSR count). The molecule has 3 aromatic rings. The highest BCUT2D eigenvalue weighted by molar-refractivity contribution is 7.79. The third-order valence-electron chi connectivity index (χ3n) is 3.65. The van der Waals surface area contributed by atoms with Gasteiger partial charge in [0, 0.05) is 6.42 Å². The highest BCUT2D eigenvalue weighted by atomic mass is 31.1. The van der Waals surface area contributed by atoms with E-state index in [1.54, 1.807) is 0 Å². The molecular formula is C22H24O2P+. The molecule has 0 bridgehead atoms. The first-order chi connectivity index (χ1) is 12.2. The summed E-state index contributed by atoms with van der Waals surface area (Å²) in [4.78, 5) is 9.60. The Kier molecular flexibility index (Phi) is 7.88. The lowest BCUT2D eigenvalue weighted by Gasteiger charge is -2.10. The van der Waals surface area contributed by atoms with E-state index in [-0.39, 0.29) is 0 Å². The standard InChI is InChI=1S/C18H15P.C4H8O2/c1-4-10-16(11-5-1)19(17-12-6-2-7-13-17)18-14-8-3-9-15-18;1-2-3-4(5)6/h1-15H;2-3H2,1H3,(H,5,6)/p+1. The number of carboxylic acids is 1. The second-order valence-corrected chi connectivity index (χ2v) is 8.10. The van der Waals surface area contributed by atoms with Crippen LogP contribution in [0, 0.1) is 0 Å². The molecule has 0 aliphatic heterocycles. The SMILES string of the molecule is CCCC(=O)O.c1ccc([PH+](c2ccccc2)c2ccccc2)cc1. The average Bonchev–Trinajstić information content (AvgIpc) is 2.65. The predicted octanol–water partition coefficient (Wildman–Crippen LogP) is 4.05. The van der Waals surface area contributed by atoms with Gasteiger partial charge in [-0.05, 0) is 42.8 Å². The fourth-order valence-electron chi connectivity index (χ4n) is 2.53. The van der Waals surface area contributed by atoms with Gasteiger partial charge in [-0.3, -0.25) is 4.79 Å². The Hall–Kier alpha value is -2.44. The molecule has 1 N–H and O–H groups in total. The van der Waals surface area contributed by atoms with Crippen LogP contribution < -0.4 is 15.9 Å². The van der Waals surface area contributed by atoms with E-state index in [1.165, 1.54) is 15.9 Å². The molecule has 3 heteroatoms. The lowest BCUT2D eigenvalue weighted by atomic mass is 10.4. The van der Waals surface area contributed by atoms with E-state index in [0.717, 1.165) is 6.42 Å². The molecule has 2 nitrogen and oxygen atoms in total. The van der Waals surface area contributed by atoms with E-state index in [0.29, 0.717) is 6.42 Å². The lowest BCUT2D eigenvalue weighted by Crippen LogP contribution is -2.20. The van der Waals surface area contributed by atoms with Crippen LogP contribution in [0.1, 0.15) is 19.8 Å². The maximum absolute atomic E-state index is 9.60. The molecule has 128 valence electrons. The minimum absolute atomic E-state index is 0.292. The molecule has 0 unspecified atom stereocenters. The van der Waals surface area contributed by atoms with Crippen LogP contribution in [0.25, 0.3) is 0 Å². The predicted molar refractivity (Wildman–Crippen MR) is 109 cm³/mol. The van der Waals surface area contributed by atoms with Crippen LogP contribution in [0.3, 0.4) is 0 Å². The van der Waals surface area contributed by atoms with Gasteiger partial charge >= 0.3 is 5.97 Å². The van der Waals surface area contributed by atoms with Crippen molar-refractivity contribution in [3.63, 3.8) is 0 Å². The summed E-state index contributed by atoms with van der Waals surface area (Å²) in [6, 6.07) is 32.5. The maximum Gasteiger partial charge on any atom is 0.303 e. The Labute approximate surface area is 150 Å². The Balaban J connectivity index is 0.000000326. The van der Waals surface area contributed by atoms with Crippen molar-refractivity contribution in [1.82, 2.24) is 0 Å². The number of hydrogen-bond acceptors (Lipinski definition) is 1. The molecule has 3 aromatic carbocycles. The summed E-state index contributed by atoms with van der Waals surface area (Å²) in [5.74, 6) is -0.711. The molecule has 0 heterocycles. The normalized spacial score (nSPS) is 10.0. The van der Waals surface area contributed by atoms with Gasteiger partial charge < -0.3 is 5.11 Å². The van der Waals surface area contributed by atoms with Gasteiger partial charge in [0.15, 0.2) is 0 Å². The molecule has 25 heavy (non-hydrogen) atoms. The van der Waals surface area contributed by atoms with Gasteiger partial charge in [-0.15, -0.1) is 0 Å². The zero-order valence-electron chi connectivity index (χ0n) is 14.4. The molecular weight excluding hydrogens is 327 g/mol. The van der Waals surface area contributed by atoms with Crippen molar-refractivity contribution in [2.24, 2.45) is 0 Å². The molecule has 0 aliphatic carbocycles. The van der Waals surface area contributed by atoms with Crippen molar-refractivity contribution in [3.8, 4) is 0 Å². The second kappa shape index (κ2) is 10.4. The van der Waals surface area contributed by atoms with Gasteiger partial charge in [-0.25, -0.2) is 0 Å². The van der Waals surface area contributed by atoms with Gasteiger partial charge in [0.25, 0.3) is 0 Å². The van der Waals surface area contributed by atoms with E-state index in [1.807, 2.05) is 6.92 Å². The van der Waals surface area contributed by atoms with Gasteiger partial charge in [0.1, 0.15) is 15.9 Å². The summed E-state index contributed by atoms with van der Waals surface area (Å²) in [6.07, 6.45) is 1.02. The van der Waals surface area contributed by atoms with E-state index in [4.69, 9.17) is 5.11 Å². The van der Waals surface area contributed by atoms with Crippen LogP contribution in [-0.2, 0) is 4.79 Å². The molecule has 0 spiro atoms. The topological polar surface area (TPSA) is 37.3 Å². The molecule has 0 radical (unpaired) electrons. The van der Waals surface area contributed by atoms with Crippen LogP contribution >= 0.6 is 7.92 Å². The minimum atomic E-state index is -0.877. The van der Waals surface area contributed by atoms with Crippen LogP contribution in [-0.4, -0.2) is 11.1 Å². The van der Waals surface area contributed by atoms with E-state index < -0.39 is 13.9 Å². The van der Waals surface area contributed by atoms with Gasteiger partial charge in [0.2, 0.25) is 0 Å². The Morgan fingerprint density at radius 1 is 0.720 bits per heavy atom. The lowest BCUT2D eigenvalue weighted by molar-refractivity contribution is -0.137. The molecule has 0 saturated heterocycles. The van der Waals surface area contributed by atoms with E-state index >= 15 is 0 Å². The molecule has 0 saturated carbocycles. The molecule has 0 atom stereocenters. The zero-order chi connectivity index (χ0) is 17.9. The summed E-state index contributed by atoms with van der Waals surface area (Å²) in [5, 5.41) is 12.2. The summed E-state index contributed by atoms with van der Waals surface area (Å²) >= 11 is 0. The van der Waals surface area contributed by atoms with Crippen LogP contribution in [0.15, 0.2) is 91.0 Å². The van der Waals surface area contributed by atoms with Crippen molar-refractivity contribution in [1.29, 1.82) is 0 Å². The van der Waals surface area contributed by atoms with Gasteiger partial charge in [-0.2, -0.15) is 0 Å². The fraction of sp³-hybridized carbons (Fsp3) is 0.136. The first-order valence-corrected chi connectivity index (χ1v) is 9.97. The number of carboxylic acid groups (broad SMARTS) is 1. The van der Waals surface area contributed by atoms with Crippen molar-refractivity contribution in [3.05, 3.63) is 91.0 Å². The average molecular weight is 351 g/mol. The fourth-order valence-corrected chi connectivity index (χ4v) is 5.11. The molecule has 0 aliphatic rings.